The van der Waals surface area contributed by atoms with Gasteiger partial charge in [0.25, 0.3) is 0 Å². The van der Waals surface area contributed by atoms with Crippen molar-refractivity contribution in [3.8, 4) is 0 Å². The van der Waals surface area contributed by atoms with Crippen LogP contribution in [0.2, 0.25) is 5.02 Å². The first-order valence-corrected chi connectivity index (χ1v) is 9.46. The van der Waals surface area contributed by atoms with Gasteiger partial charge in [-0.15, -0.1) is 0 Å². The number of nitrogens with zero attached hydrogens (tertiary/aromatic N) is 2. The monoisotopic (exact) mass is 364 g/mol. The second kappa shape index (κ2) is 8.09. The highest BCUT2D eigenvalue weighted by molar-refractivity contribution is 6.30. The van der Waals surface area contributed by atoms with Crippen molar-refractivity contribution in [2.75, 3.05) is 26.2 Å². The van der Waals surface area contributed by atoms with Gasteiger partial charge in [0, 0.05) is 31.2 Å². The molecule has 136 valence electrons. The summed E-state index contributed by atoms with van der Waals surface area (Å²) in [5.41, 5.74) is 0.991. The van der Waals surface area contributed by atoms with E-state index in [0.29, 0.717) is 37.1 Å². The number of halogens is 1. The van der Waals surface area contributed by atoms with E-state index >= 15 is 0 Å². The zero-order chi connectivity index (χ0) is 17.8. The molecule has 25 heavy (non-hydrogen) atoms. The van der Waals surface area contributed by atoms with Gasteiger partial charge in [0.15, 0.2) is 0 Å². The average molecular weight is 365 g/mol. The van der Waals surface area contributed by atoms with Crippen LogP contribution in [-0.2, 0) is 4.79 Å². The smallest absolute Gasteiger partial charge is 0.407 e. The maximum absolute atomic E-state index is 13.3. The molecule has 1 unspecified atom stereocenters. The number of carbonyl (C=O) groups is 2. The van der Waals surface area contributed by atoms with Gasteiger partial charge in [-0.05, 0) is 36.5 Å². The average Bonchev–Trinajstić information content (AvgIpc) is 2.63. The molecule has 0 radical (unpaired) electrons. The molecule has 1 atom stereocenters. The van der Waals surface area contributed by atoms with Crippen LogP contribution in [0.4, 0.5) is 4.79 Å². The highest BCUT2D eigenvalue weighted by Crippen LogP contribution is 2.38. The van der Waals surface area contributed by atoms with Gasteiger partial charge in [0.1, 0.15) is 0 Å². The van der Waals surface area contributed by atoms with Gasteiger partial charge in [0.05, 0.1) is 5.92 Å². The molecular formula is C19H25ClN2O3. The minimum absolute atomic E-state index is 0.124. The Bertz CT molecular complexity index is 623. The lowest BCUT2D eigenvalue weighted by Crippen LogP contribution is -2.52. The summed E-state index contributed by atoms with van der Waals surface area (Å²) in [6.07, 6.45) is 4.80. The van der Waals surface area contributed by atoms with E-state index in [9.17, 15) is 9.59 Å². The summed E-state index contributed by atoms with van der Waals surface area (Å²) in [5, 5.41) is 9.75. The molecule has 1 aromatic rings. The molecule has 5 nitrogen and oxygen atoms in total. The number of hydrogen-bond donors (Lipinski definition) is 1. The fourth-order valence-electron chi connectivity index (χ4n) is 4.10. The van der Waals surface area contributed by atoms with Crippen molar-refractivity contribution >= 4 is 23.6 Å². The van der Waals surface area contributed by atoms with E-state index in [1.54, 1.807) is 0 Å². The number of carboxylic acid groups (broad SMARTS) is 1. The van der Waals surface area contributed by atoms with Crippen LogP contribution in [-0.4, -0.2) is 53.1 Å². The van der Waals surface area contributed by atoms with Gasteiger partial charge in [-0.1, -0.05) is 43.0 Å². The Hall–Kier alpha value is -1.75. The van der Waals surface area contributed by atoms with E-state index in [0.717, 1.165) is 18.4 Å². The second-order valence-corrected chi connectivity index (χ2v) is 7.46. The maximum Gasteiger partial charge on any atom is 0.407 e. The Balaban J connectivity index is 1.79. The number of carbonyl (C=O) groups excluding carboxylic acids is 1. The number of rotatable bonds is 3. The molecule has 2 fully saturated rings. The summed E-state index contributed by atoms with van der Waals surface area (Å²) in [4.78, 5) is 27.6. The van der Waals surface area contributed by atoms with Gasteiger partial charge in [-0.3, -0.25) is 4.79 Å². The normalized spacial score (nSPS) is 20.4. The van der Waals surface area contributed by atoms with Crippen molar-refractivity contribution in [3.05, 3.63) is 34.9 Å². The SMILES string of the molecule is O=C(O)N1CCN(C(=O)C(c2cccc(Cl)c2)C2CCCCC2)CC1. The lowest BCUT2D eigenvalue weighted by molar-refractivity contribution is -0.136. The van der Waals surface area contributed by atoms with Crippen LogP contribution in [0.1, 0.15) is 43.6 Å². The van der Waals surface area contributed by atoms with Gasteiger partial charge < -0.3 is 14.9 Å². The minimum Gasteiger partial charge on any atom is -0.465 e. The van der Waals surface area contributed by atoms with Gasteiger partial charge >= 0.3 is 6.09 Å². The first kappa shape index (κ1) is 18.1. The van der Waals surface area contributed by atoms with Gasteiger partial charge in [-0.25, -0.2) is 4.79 Å². The molecule has 1 N–H and O–H groups in total. The van der Waals surface area contributed by atoms with Crippen molar-refractivity contribution in [1.82, 2.24) is 9.80 Å². The van der Waals surface area contributed by atoms with Crippen molar-refractivity contribution < 1.29 is 14.7 Å². The zero-order valence-electron chi connectivity index (χ0n) is 14.4. The Labute approximate surface area is 153 Å². The standard InChI is InChI=1S/C19H25ClN2O3/c20-16-8-4-7-15(13-16)17(14-5-2-1-3-6-14)18(23)21-9-11-22(12-10-21)19(24)25/h4,7-8,13-14,17H,1-3,5-6,9-12H2,(H,24,25). The van der Waals surface area contributed by atoms with Crippen molar-refractivity contribution in [2.24, 2.45) is 5.92 Å². The lowest BCUT2D eigenvalue weighted by atomic mass is 9.76. The molecule has 0 spiro atoms. The zero-order valence-corrected chi connectivity index (χ0v) is 15.1. The third-order valence-corrected chi connectivity index (χ3v) is 5.69. The molecule has 2 aliphatic rings. The molecule has 3 rings (SSSR count). The summed E-state index contributed by atoms with van der Waals surface area (Å²) in [7, 11) is 0. The third kappa shape index (κ3) is 4.27. The van der Waals surface area contributed by atoms with Crippen molar-refractivity contribution in [2.45, 2.75) is 38.0 Å². The van der Waals surface area contributed by atoms with E-state index < -0.39 is 6.09 Å². The highest BCUT2D eigenvalue weighted by atomic mass is 35.5. The van der Waals surface area contributed by atoms with Crippen LogP contribution in [0, 0.1) is 5.92 Å². The number of amides is 2. The van der Waals surface area contributed by atoms with Crippen LogP contribution < -0.4 is 0 Å². The summed E-state index contributed by atoms with van der Waals surface area (Å²) in [6.45, 7) is 1.70. The van der Waals surface area contributed by atoms with Crippen LogP contribution in [0.3, 0.4) is 0 Å². The molecular weight excluding hydrogens is 340 g/mol. The topological polar surface area (TPSA) is 60.9 Å². The first-order valence-electron chi connectivity index (χ1n) is 9.08. The van der Waals surface area contributed by atoms with E-state index in [1.165, 1.54) is 24.2 Å². The Kier molecular flexibility index (Phi) is 5.84. The molecule has 1 heterocycles. The molecule has 1 aliphatic carbocycles. The van der Waals surface area contributed by atoms with E-state index in [1.807, 2.05) is 29.2 Å². The second-order valence-electron chi connectivity index (χ2n) is 7.03. The molecule has 1 saturated heterocycles. The van der Waals surface area contributed by atoms with Crippen LogP contribution in [0.15, 0.2) is 24.3 Å². The largest absolute Gasteiger partial charge is 0.465 e. The third-order valence-electron chi connectivity index (χ3n) is 5.46. The fraction of sp³-hybridized carbons (Fsp3) is 0.579. The Morgan fingerprint density at radius 1 is 1.04 bits per heavy atom. The van der Waals surface area contributed by atoms with Crippen LogP contribution >= 0.6 is 11.6 Å². The van der Waals surface area contributed by atoms with E-state index in [-0.39, 0.29) is 11.8 Å². The predicted octanol–water partition coefficient (Wildman–Crippen LogP) is 3.83. The lowest BCUT2D eigenvalue weighted by Gasteiger charge is -2.38. The van der Waals surface area contributed by atoms with Crippen LogP contribution in [0.5, 0.6) is 0 Å². The number of hydrogen-bond acceptors (Lipinski definition) is 2. The Morgan fingerprint density at radius 2 is 1.68 bits per heavy atom. The Morgan fingerprint density at radius 3 is 2.28 bits per heavy atom. The highest BCUT2D eigenvalue weighted by Gasteiger charge is 2.35. The molecule has 1 saturated carbocycles. The predicted molar refractivity (Wildman–Crippen MR) is 96.9 cm³/mol. The quantitative estimate of drug-likeness (QED) is 0.886. The molecule has 1 aliphatic heterocycles. The summed E-state index contributed by atoms with van der Waals surface area (Å²) in [5.74, 6) is 0.298. The van der Waals surface area contributed by atoms with Crippen molar-refractivity contribution in [3.63, 3.8) is 0 Å². The van der Waals surface area contributed by atoms with Crippen molar-refractivity contribution in [1.29, 1.82) is 0 Å². The molecule has 6 heteroatoms. The fourth-order valence-corrected chi connectivity index (χ4v) is 4.30. The molecule has 1 aromatic carbocycles. The number of benzene rings is 1. The van der Waals surface area contributed by atoms with Crippen LogP contribution in [0.25, 0.3) is 0 Å². The van der Waals surface area contributed by atoms with E-state index in [4.69, 9.17) is 16.7 Å². The maximum atomic E-state index is 13.3. The first-order chi connectivity index (χ1) is 12.1. The summed E-state index contributed by atoms with van der Waals surface area (Å²) in [6, 6.07) is 7.64. The van der Waals surface area contributed by atoms with Gasteiger partial charge in [-0.2, -0.15) is 0 Å². The minimum atomic E-state index is -0.911. The summed E-state index contributed by atoms with van der Waals surface area (Å²) >= 11 is 6.18. The molecule has 0 bridgehead atoms. The molecule has 2 amide bonds. The summed E-state index contributed by atoms with van der Waals surface area (Å²) < 4.78 is 0. The van der Waals surface area contributed by atoms with Gasteiger partial charge in [0.2, 0.25) is 5.91 Å². The number of piperazine rings is 1. The van der Waals surface area contributed by atoms with E-state index in [2.05, 4.69) is 0 Å². The molecule has 0 aromatic heterocycles.